The van der Waals surface area contributed by atoms with Gasteiger partial charge in [-0.2, -0.15) is 0 Å². The smallest absolute Gasteiger partial charge is 0.0543 e. The predicted molar refractivity (Wildman–Crippen MR) is 77.9 cm³/mol. The van der Waals surface area contributed by atoms with Crippen molar-refractivity contribution < 1.29 is 4.74 Å². The normalized spacial score (nSPS) is 14.4. The van der Waals surface area contributed by atoms with Crippen LogP contribution in [0.3, 0.4) is 0 Å². The van der Waals surface area contributed by atoms with E-state index < -0.39 is 0 Å². The minimum absolute atomic E-state index is 0.335. The van der Waals surface area contributed by atoms with Crippen molar-refractivity contribution >= 4 is 0 Å². The van der Waals surface area contributed by atoms with Gasteiger partial charge in [0, 0.05) is 13.2 Å². The predicted octanol–water partition coefficient (Wildman–Crippen LogP) is 3.85. The lowest BCUT2D eigenvalue weighted by atomic mass is 9.99. The van der Waals surface area contributed by atoms with Crippen LogP contribution in [0.1, 0.15) is 50.3 Å². The van der Waals surface area contributed by atoms with Gasteiger partial charge in [0.1, 0.15) is 0 Å². The van der Waals surface area contributed by atoms with Gasteiger partial charge in [-0.1, -0.05) is 36.8 Å². The molecule has 2 atom stereocenters. The minimum atomic E-state index is 0.335. The summed E-state index contributed by atoms with van der Waals surface area (Å²) in [5.41, 5.74) is 2.70. The van der Waals surface area contributed by atoms with Gasteiger partial charge >= 0.3 is 0 Å². The van der Waals surface area contributed by atoms with Crippen LogP contribution in [0, 0.1) is 6.92 Å². The number of rotatable bonds is 8. The van der Waals surface area contributed by atoms with Gasteiger partial charge < -0.3 is 10.1 Å². The molecule has 0 aromatic heterocycles. The number of aryl methyl sites for hydroxylation is 1. The van der Waals surface area contributed by atoms with Crippen LogP contribution >= 0.6 is 0 Å². The molecule has 1 aromatic rings. The van der Waals surface area contributed by atoms with Crippen molar-refractivity contribution in [2.45, 2.75) is 52.2 Å². The van der Waals surface area contributed by atoms with Gasteiger partial charge in [-0.3, -0.25) is 0 Å². The van der Waals surface area contributed by atoms with E-state index in [9.17, 15) is 0 Å². The Morgan fingerprint density at radius 1 is 1.17 bits per heavy atom. The molecule has 0 fully saturated rings. The summed E-state index contributed by atoms with van der Waals surface area (Å²) in [4.78, 5) is 0. The van der Waals surface area contributed by atoms with Gasteiger partial charge in [0.25, 0.3) is 0 Å². The molecule has 1 N–H and O–H groups in total. The number of hydrogen-bond donors (Lipinski definition) is 1. The summed E-state index contributed by atoms with van der Waals surface area (Å²) in [6, 6.07) is 9.30. The molecule has 0 saturated carbocycles. The third-order valence-electron chi connectivity index (χ3n) is 3.38. The fourth-order valence-electron chi connectivity index (χ4n) is 2.02. The van der Waals surface area contributed by atoms with Gasteiger partial charge in [-0.15, -0.1) is 0 Å². The largest absolute Gasteiger partial charge is 0.382 e. The SMILES string of the molecule is CCCNC(CCC(C)OC)c1ccc(C)cc1. The Labute approximate surface area is 112 Å². The molecular weight excluding hydrogens is 222 g/mol. The zero-order valence-corrected chi connectivity index (χ0v) is 12.2. The van der Waals surface area contributed by atoms with Crippen LogP contribution in [0.2, 0.25) is 0 Å². The van der Waals surface area contributed by atoms with Gasteiger partial charge in [-0.05, 0) is 45.2 Å². The van der Waals surface area contributed by atoms with Gasteiger partial charge in [0.2, 0.25) is 0 Å². The Kier molecular flexibility index (Phi) is 6.99. The van der Waals surface area contributed by atoms with Crippen LogP contribution < -0.4 is 5.32 Å². The van der Waals surface area contributed by atoms with E-state index in [0.29, 0.717) is 12.1 Å². The lowest BCUT2D eigenvalue weighted by Crippen LogP contribution is -2.23. The molecule has 2 nitrogen and oxygen atoms in total. The first-order valence-corrected chi connectivity index (χ1v) is 7.00. The topological polar surface area (TPSA) is 21.3 Å². The highest BCUT2D eigenvalue weighted by Gasteiger charge is 2.12. The van der Waals surface area contributed by atoms with Gasteiger partial charge in [-0.25, -0.2) is 0 Å². The summed E-state index contributed by atoms with van der Waals surface area (Å²) < 4.78 is 5.33. The van der Waals surface area contributed by atoms with Crippen molar-refractivity contribution in [1.82, 2.24) is 5.32 Å². The lowest BCUT2D eigenvalue weighted by Gasteiger charge is -2.21. The molecule has 0 aliphatic rings. The van der Waals surface area contributed by atoms with E-state index in [2.05, 4.69) is 50.4 Å². The Balaban J connectivity index is 2.62. The van der Waals surface area contributed by atoms with E-state index in [1.54, 1.807) is 7.11 Å². The van der Waals surface area contributed by atoms with E-state index in [0.717, 1.165) is 19.4 Å². The van der Waals surface area contributed by atoms with Gasteiger partial charge in [0.05, 0.1) is 6.10 Å². The van der Waals surface area contributed by atoms with Crippen LogP contribution in [-0.4, -0.2) is 19.8 Å². The molecule has 102 valence electrons. The molecule has 1 aromatic carbocycles. The molecule has 2 unspecified atom stereocenters. The van der Waals surface area contributed by atoms with Crippen LogP contribution in [0.25, 0.3) is 0 Å². The summed E-state index contributed by atoms with van der Waals surface area (Å²) in [6.07, 6.45) is 3.72. The first-order valence-electron chi connectivity index (χ1n) is 7.00. The standard InChI is InChI=1S/C16H27NO/c1-5-12-17-16(11-8-14(3)18-4)15-9-6-13(2)7-10-15/h6-7,9-10,14,16-17H,5,8,11-12H2,1-4H3. The monoisotopic (exact) mass is 249 g/mol. The van der Waals surface area contributed by atoms with E-state index in [-0.39, 0.29) is 0 Å². The number of nitrogens with one attached hydrogen (secondary N) is 1. The minimum Gasteiger partial charge on any atom is -0.382 e. The zero-order valence-electron chi connectivity index (χ0n) is 12.2. The summed E-state index contributed by atoms with van der Waals surface area (Å²) in [7, 11) is 1.78. The van der Waals surface area contributed by atoms with E-state index in [1.807, 2.05) is 0 Å². The molecule has 0 radical (unpaired) electrons. The van der Waals surface area contributed by atoms with Crippen molar-refractivity contribution in [3.05, 3.63) is 35.4 Å². The van der Waals surface area contributed by atoms with Crippen LogP contribution in [-0.2, 0) is 4.74 Å². The third-order valence-corrected chi connectivity index (χ3v) is 3.38. The highest BCUT2D eigenvalue weighted by Crippen LogP contribution is 2.20. The molecule has 18 heavy (non-hydrogen) atoms. The van der Waals surface area contributed by atoms with E-state index >= 15 is 0 Å². The average molecular weight is 249 g/mol. The number of methoxy groups -OCH3 is 1. The Morgan fingerprint density at radius 2 is 1.83 bits per heavy atom. The number of hydrogen-bond acceptors (Lipinski definition) is 2. The molecule has 0 amide bonds. The van der Waals surface area contributed by atoms with Crippen LogP contribution in [0.4, 0.5) is 0 Å². The zero-order chi connectivity index (χ0) is 13.4. The molecule has 0 bridgehead atoms. The third kappa shape index (κ3) is 5.19. The number of benzene rings is 1. The molecule has 0 aliphatic carbocycles. The fourth-order valence-corrected chi connectivity index (χ4v) is 2.02. The first-order chi connectivity index (χ1) is 8.67. The van der Waals surface area contributed by atoms with Crippen molar-refractivity contribution in [1.29, 1.82) is 0 Å². The maximum atomic E-state index is 5.33. The maximum absolute atomic E-state index is 5.33. The summed E-state index contributed by atoms with van der Waals surface area (Å²) >= 11 is 0. The highest BCUT2D eigenvalue weighted by molar-refractivity contribution is 5.24. The Bertz CT molecular complexity index is 320. The maximum Gasteiger partial charge on any atom is 0.0543 e. The molecule has 0 heterocycles. The van der Waals surface area contributed by atoms with Crippen molar-refractivity contribution in [3.8, 4) is 0 Å². The highest BCUT2D eigenvalue weighted by atomic mass is 16.5. The Hall–Kier alpha value is -0.860. The summed E-state index contributed by atoms with van der Waals surface area (Å²) in [6.45, 7) is 7.54. The Morgan fingerprint density at radius 3 is 2.39 bits per heavy atom. The van der Waals surface area contributed by atoms with Crippen molar-refractivity contribution in [3.63, 3.8) is 0 Å². The van der Waals surface area contributed by atoms with Crippen molar-refractivity contribution in [2.24, 2.45) is 0 Å². The van der Waals surface area contributed by atoms with Crippen LogP contribution in [0.15, 0.2) is 24.3 Å². The van der Waals surface area contributed by atoms with Crippen LogP contribution in [0.5, 0.6) is 0 Å². The molecule has 0 spiro atoms. The first kappa shape index (κ1) is 15.2. The molecule has 1 rings (SSSR count). The lowest BCUT2D eigenvalue weighted by molar-refractivity contribution is 0.106. The van der Waals surface area contributed by atoms with Gasteiger partial charge in [0.15, 0.2) is 0 Å². The summed E-state index contributed by atoms with van der Waals surface area (Å²) in [5.74, 6) is 0. The van der Waals surface area contributed by atoms with E-state index in [4.69, 9.17) is 4.74 Å². The second-order valence-electron chi connectivity index (χ2n) is 5.04. The quantitative estimate of drug-likeness (QED) is 0.755. The summed E-state index contributed by atoms with van der Waals surface area (Å²) in [5, 5.41) is 3.63. The molecule has 0 aliphatic heterocycles. The number of ether oxygens (including phenoxy) is 1. The molecular formula is C16H27NO. The molecule has 0 saturated heterocycles. The average Bonchev–Trinajstić information content (AvgIpc) is 2.40. The van der Waals surface area contributed by atoms with Crippen molar-refractivity contribution in [2.75, 3.05) is 13.7 Å². The fraction of sp³-hybridized carbons (Fsp3) is 0.625. The second-order valence-corrected chi connectivity index (χ2v) is 5.04. The molecule has 2 heteroatoms. The van der Waals surface area contributed by atoms with E-state index in [1.165, 1.54) is 17.5 Å². The second kappa shape index (κ2) is 8.28.